The summed E-state index contributed by atoms with van der Waals surface area (Å²) in [6.07, 6.45) is 2.31. The van der Waals surface area contributed by atoms with Gasteiger partial charge in [0.2, 0.25) is 5.91 Å². The average molecular weight is 222 g/mol. The van der Waals surface area contributed by atoms with E-state index in [1.165, 1.54) is 0 Å². The molecule has 0 spiro atoms. The lowest BCUT2D eigenvalue weighted by molar-refractivity contribution is -0.146. The fraction of sp³-hybridized carbons (Fsp3) is 0.833. The molecule has 0 aromatic heterocycles. The van der Waals surface area contributed by atoms with Crippen LogP contribution in [-0.2, 0) is 9.53 Å². The molecule has 88 valence electrons. The SMILES string of the molecule is CC1CC(C#N)(C(=O)N(C)C2CCOC2)C1. The van der Waals surface area contributed by atoms with Gasteiger partial charge >= 0.3 is 0 Å². The first-order valence-electron chi connectivity index (χ1n) is 5.85. The van der Waals surface area contributed by atoms with Crippen molar-refractivity contribution in [1.29, 1.82) is 5.26 Å². The van der Waals surface area contributed by atoms with Gasteiger partial charge in [0.1, 0.15) is 5.41 Å². The first-order chi connectivity index (χ1) is 7.59. The highest BCUT2D eigenvalue weighted by Crippen LogP contribution is 2.46. The predicted octanol–water partition coefficient (Wildman–Crippen LogP) is 1.17. The topological polar surface area (TPSA) is 53.3 Å². The number of carbonyl (C=O) groups excluding carboxylic acids is 1. The van der Waals surface area contributed by atoms with E-state index < -0.39 is 5.41 Å². The minimum absolute atomic E-state index is 0.0106. The van der Waals surface area contributed by atoms with E-state index in [-0.39, 0.29) is 11.9 Å². The quantitative estimate of drug-likeness (QED) is 0.704. The molecule has 0 aromatic rings. The summed E-state index contributed by atoms with van der Waals surface area (Å²) >= 11 is 0. The fourth-order valence-electron chi connectivity index (χ4n) is 2.77. The van der Waals surface area contributed by atoms with Crippen molar-refractivity contribution < 1.29 is 9.53 Å². The second kappa shape index (κ2) is 4.06. The van der Waals surface area contributed by atoms with Gasteiger partial charge in [-0.2, -0.15) is 5.26 Å². The lowest BCUT2D eigenvalue weighted by atomic mass is 9.62. The smallest absolute Gasteiger partial charge is 0.243 e. The van der Waals surface area contributed by atoms with Gasteiger partial charge in [0.15, 0.2) is 0 Å². The number of nitrogens with zero attached hydrogens (tertiary/aromatic N) is 2. The van der Waals surface area contributed by atoms with E-state index in [9.17, 15) is 10.1 Å². The number of rotatable bonds is 2. The van der Waals surface area contributed by atoms with Crippen molar-refractivity contribution in [3.05, 3.63) is 0 Å². The van der Waals surface area contributed by atoms with E-state index in [1.54, 1.807) is 11.9 Å². The Morgan fingerprint density at radius 3 is 2.69 bits per heavy atom. The summed E-state index contributed by atoms with van der Waals surface area (Å²) < 4.78 is 5.27. The predicted molar refractivity (Wildman–Crippen MR) is 58.4 cm³/mol. The molecule has 2 fully saturated rings. The van der Waals surface area contributed by atoms with Crippen LogP contribution in [0.4, 0.5) is 0 Å². The zero-order valence-electron chi connectivity index (χ0n) is 9.90. The molecule has 1 atom stereocenters. The van der Waals surface area contributed by atoms with Gasteiger partial charge in [-0.25, -0.2) is 0 Å². The molecule has 1 aliphatic heterocycles. The zero-order valence-corrected chi connectivity index (χ0v) is 9.90. The van der Waals surface area contributed by atoms with Gasteiger partial charge in [-0.3, -0.25) is 4.79 Å². The molecule has 0 N–H and O–H groups in total. The van der Waals surface area contributed by atoms with Crippen LogP contribution in [0, 0.1) is 22.7 Å². The van der Waals surface area contributed by atoms with Gasteiger partial charge in [-0.1, -0.05) is 6.92 Å². The Morgan fingerprint density at radius 1 is 1.56 bits per heavy atom. The molecule has 1 aliphatic carbocycles. The summed E-state index contributed by atoms with van der Waals surface area (Å²) in [4.78, 5) is 14.0. The van der Waals surface area contributed by atoms with E-state index >= 15 is 0 Å². The van der Waals surface area contributed by atoms with Gasteiger partial charge in [0, 0.05) is 13.7 Å². The minimum atomic E-state index is -0.739. The van der Waals surface area contributed by atoms with Crippen molar-refractivity contribution in [1.82, 2.24) is 4.90 Å². The molecular formula is C12H18N2O2. The Bertz CT molecular complexity index is 322. The average Bonchev–Trinajstić information content (AvgIpc) is 2.75. The van der Waals surface area contributed by atoms with Gasteiger partial charge in [0.25, 0.3) is 0 Å². The number of carbonyl (C=O) groups is 1. The third-order valence-corrected chi connectivity index (χ3v) is 3.79. The maximum Gasteiger partial charge on any atom is 0.243 e. The van der Waals surface area contributed by atoms with E-state index in [4.69, 9.17) is 4.74 Å². The van der Waals surface area contributed by atoms with Crippen LogP contribution in [0.3, 0.4) is 0 Å². The van der Waals surface area contributed by atoms with Crippen molar-refractivity contribution in [3.8, 4) is 6.07 Å². The minimum Gasteiger partial charge on any atom is -0.379 e. The third-order valence-electron chi connectivity index (χ3n) is 3.79. The van der Waals surface area contributed by atoms with Crippen LogP contribution in [0.2, 0.25) is 0 Å². The maximum atomic E-state index is 12.3. The molecule has 16 heavy (non-hydrogen) atoms. The molecule has 1 unspecified atom stereocenters. The Balaban J connectivity index is 2.03. The fourth-order valence-corrected chi connectivity index (χ4v) is 2.77. The van der Waals surface area contributed by atoms with Crippen molar-refractivity contribution >= 4 is 5.91 Å². The van der Waals surface area contributed by atoms with Gasteiger partial charge in [-0.05, 0) is 25.2 Å². The molecular weight excluding hydrogens is 204 g/mol. The number of hydrogen-bond donors (Lipinski definition) is 0. The Hall–Kier alpha value is -1.08. The Labute approximate surface area is 96.2 Å². The van der Waals surface area contributed by atoms with Crippen LogP contribution in [0.15, 0.2) is 0 Å². The summed E-state index contributed by atoms with van der Waals surface area (Å²) in [6, 6.07) is 2.38. The standard InChI is InChI=1S/C12H18N2O2/c1-9-5-12(6-9,8-13)11(15)14(2)10-3-4-16-7-10/h9-10H,3-7H2,1-2H3. The van der Waals surface area contributed by atoms with Crippen molar-refractivity contribution in [3.63, 3.8) is 0 Å². The van der Waals surface area contributed by atoms with Crippen LogP contribution in [0.5, 0.6) is 0 Å². The van der Waals surface area contributed by atoms with E-state index in [0.29, 0.717) is 25.4 Å². The summed E-state index contributed by atoms with van der Waals surface area (Å²) in [5.74, 6) is 0.487. The lowest BCUT2D eigenvalue weighted by Crippen LogP contribution is -2.51. The number of hydrogen-bond acceptors (Lipinski definition) is 3. The first kappa shape index (κ1) is 11.4. The summed E-state index contributed by atoms with van der Waals surface area (Å²) in [5.41, 5.74) is -0.739. The molecule has 1 heterocycles. The number of amides is 1. The van der Waals surface area contributed by atoms with E-state index in [1.807, 2.05) is 0 Å². The molecule has 0 aromatic carbocycles. The highest BCUT2D eigenvalue weighted by atomic mass is 16.5. The summed E-state index contributed by atoms with van der Waals surface area (Å²) in [7, 11) is 1.80. The normalized spacial score (nSPS) is 37.6. The molecule has 0 bridgehead atoms. The molecule has 1 saturated heterocycles. The van der Waals surface area contributed by atoms with E-state index in [2.05, 4.69) is 13.0 Å². The van der Waals surface area contributed by atoms with Gasteiger partial charge < -0.3 is 9.64 Å². The number of nitriles is 1. The number of likely N-dealkylation sites (N-methyl/N-ethyl adjacent to an activating group) is 1. The van der Waals surface area contributed by atoms with Crippen LogP contribution in [-0.4, -0.2) is 37.1 Å². The van der Waals surface area contributed by atoms with Crippen molar-refractivity contribution in [2.75, 3.05) is 20.3 Å². The van der Waals surface area contributed by atoms with Crippen LogP contribution < -0.4 is 0 Å². The molecule has 2 aliphatic rings. The third kappa shape index (κ3) is 1.69. The van der Waals surface area contributed by atoms with Gasteiger partial charge in [0.05, 0.1) is 18.7 Å². The first-order valence-corrected chi connectivity index (χ1v) is 5.85. The monoisotopic (exact) mass is 222 g/mol. The van der Waals surface area contributed by atoms with E-state index in [0.717, 1.165) is 13.0 Å². The lowest BCUT2D eigenvalue weighted by Gasteiger charge is -2.42. The Kier molecular flexibility index (Phi) is 2.90. The largest absolute Gasteiger partial charge is 0.379 e. The molecule has 4 nitrogen and oxygen atoms in total. The van der Waals surface area contributed by atoms with Crippen molar-refractivity contribution in [2.45, 2.75) is 32.2 Å². The Morgan fingerprint density at radius 2 is 2.25 bits per heavy atom. The summed E-state index contributed by atoms with van der Waals surface area (Å²) in [6.45, 7) is 3.42. The van der Waals surface area contributed by atoms with Gasteiger partial charge in [-0.15, -0.1) is 0 Å². The molecule has 1 saturated carbocycles. The maximum absolute atomic E-state index is 12.3. The zero-order chi connectivity index (χ0) is 11.8. The summed E-state index contributed by atoms with van der Waals surface area (Å²) in [5, 5.41) is 9.19. The van der Waals surface area contributed by atoms with Crippen LogP contribution in [0.1, 0.15) is 26.2 Å². The molecule has 2 rings (SSSR count). The molecule has 1 amide bonds. The highest BCUT2D eigenvalue weighted by Gasteiger charge is 2.51. The second-order valence-electron chi connectivity index (χ2n) is 5.14. The second-order valence-corrected chi connectivity index (χ2v) is 5.14. The molecule has 0 radical (unpaired) electrons. The van der Waals surface area contributed by atoms with Crippen molar-refractivity contribution in [2.24, 2.45) is 11.3 Å². The van der Waals surface area contributed by atoms with Crippen LogP contribution in [0.25, 0.3) is 0 Å². The molecule has 4 heteroatoms. The number of ether oxygens (including phenoxy) is 1. The van der Waals surface area contributed by atoms with Crippen LogP contribution >= 0.6 is 0 Å². The highest BCUT2D eigenvalue weighted by molar-refractivity contribution is 5.86.